The summed E-state index contributed by atoms with van der Waals surface area (Å²) in [6.07, 6.45) is 0.536. The Labute approximate surface area is 111 Å². The van der Waals surface area contributed by atoms with E-state index in [-0.39, 0.29) is 17.6 Å². The van der Waals surface area contributed by atoms with Gasteiger partial charge in [-0.3, -0.25) is 14.5 Å². The molecular weight excluding hydrogens is 247 g/mol. The molecule has 2 unspecified atom stereocenters. The van der Waals surface area contributed by atoms with E-state index in [0.29, 0.717) is 17.7 Å². The Kier molecular flexibility index (Phi) is 3.55. The molecule has 2 atom stereocenters. The van der Waals surface area contributed by atoms with Gasteiger partial charge in [-0.25, -0.2) is 4.39 Å². The van der Waals surface area contributed by atoms with Crippen LogP contribution < -0.4 is 10.2 Å². The number of carbonyl (C=O) groups excluding carboxylic acids is 2. The molecule has 1 aromatic carbocycles. The second-order valence-corrected chi connectivity index (χ2v) is 4.78. The van der Waals surface area contributed by atoms with Crippen LogP contribution in [0.1, 0.15) is 25.8 Å². The van der Waals surface area contributed by atoms with Gasteiger partial charge in [-0.2, -0.15) is 0 Å². The molecule has 0 aliphatic carbocycles. The highest BCUT2D eigenvalue weighted by atomic mass is 19.1. The van der Waals surface area contributed by atoms with Crippen LogP contribution in [0.15, 0.2) is 18.2 Å². The maximum absolute atomic E-state index is 13.1. The van der Waals surface area contributed by atoms with E-state index in [0.717, 1.165) is 0 Å². The quantitative estimate of drug-likeness (QED) is 0.885. The van der Waals surface area contributed by atoms with Crippen molar-refractivity contribution < 1.29 is 14.0 Å². The van der Waals surface area contributed by atoms with Crippen molar-refractivity contribution in [2.75, 3.05) is 4.90 Å². The monoisotopic (exact) mass is 264 g/mol. The Morgan fingerprint density at radius 2 is 2.05 bits per heavy atom. The number of aryl methyl sites for hydroxylation is 1. The minimum absolute atomic E-state index is 0.149. The summed E-state index contributed by atoms with van der Waals surface area (Å²) in [7, 11) is 0. The Morgan fingerprint density at radius 1 is 1.37 bits per heavy atom. The first kappa shape index (κ1) is 13.5. The van der Waals surface area contributed by atoms with Gasteiger partial charge in [0, 0.05) is 5.69 Å². The maximum atomic E-state index is 13.1. The van der Waals surface area contributed by atoms with Crippen molar-refractivity contribution in [3.63, 3.8) is 0 Å². The number of halogens is 1. The summed E-state index contributed by atoms with van der Waals surface area (Å²) in [6, 6.07) is 3.12. The van der Waals surface area contributed by atoms with Gasteiger partial charge in [-0.1, -0.05) is 6.92 Å². The zero-order valence-electron chi connectivity index (χ0n) is 11.2. The fourth-order valence-corrected chi connectivity index (χ4v) is 2.32. The molecule has 4 nitrogen and oxygen atoms in total. The average Bonchev–Trinajstić information content (AvgIpc) is 2.36. The third-order valence-electron chi connectivity index (χ3n) is 3.45. The van der Waals surface area contributed by atoms with Gasteiger partial charge in [0.05, 0.1) is 0 Å². The molecule has 0 saturated carbocycles. The highest BCUT2D eigenvalue weighted by Crippen LogP contribution is 2.26. The number of amides is 2. The van der Waals surface area contributed by atoms with Gasteiger partial charge in [0.15, 0.2) is 0 Å². The molecule has 102 valence electrons. The number of hydrogen-bond donors (Lipinski definition) is 1. The first-order valence-corrected chi connectivity index (χ1v) is 6.35. The Balaban J connectivity index is 2.45. The van der Waals surface area contributed by atoms with Crippen LogP contribution in [-0.2, 0) is 9.59 Å². The van der Waals surface area contributed by atoms with Gasteiger partial charge in [-0.05, 0) is 44.0 Å². The van der Waals surface area contributed by atoms with E-state index in [1.807, 2.05) is 6.92 Å². The molecule has 0 radical (unpaired) electrons. The molecule has 1 heterocycles. The van der Waals surface area contributed by atoms with Crippen LogP contribution in [0.4, 0.5) is 10.1 Å². The van der Waals surface area contributed by atoms with Crippen LogP contribution in [0, 0.1) is 12.7 Å². The van der Waals surface area contributed by atoms with Crippen molar-refractivity contribution in [2.45, 2.75) is 39.3 Å². The number of carbonyl (C=O) groups is 2. The van der Waals surface area contributed by atoms with Crippen molar-refractivity contribution in [1.29, 1.82) is 0 Å². The van der Waals surface area contributed by atoms with Crippen molar-refractivity contribution >= 4 is 17.5 Å². The highest BCUT2D eigenvalue weighted by molar-refractivity contribution is 6.08. The molecule has 5 heteroatoms. The SMILES string of the molecule is CCC1NC(=O)C(C)N(c2ccc(F)cc2C)C1=O. The fourth-order valence-electron chi connectivity index (χ4n) is 2.32. The summed E-state index contributed by atoms with van der Waals surface area (Å²) in [5.74, 6) is -0.686. The molecule has 0 aromatic heterocycles. The first-order chi connectivity index (χ1) is 8.95. The number of nitrogens with zero attached hydrogens (tertiary/aromatic N) is 1. The molecular formula is C14H17FN2O2. The maximum Gasteiger partial charge on any atom is 0.250 e. The van der Waals surface area contributed by atoms with E-state index in [1.165, 1.54) is 17.0 Å². The van der Waals surface area contributed by atoms with Gasteiger partial charge >= 0.3 is 0 Å². The number of piperazine rings is 1. The zero-order chi connectivity index (χ0) is 14.2. The lowest BCUT2D eigenvalue weighted by atomic mass is 10.0. The van der Waals surface area contributed by atoms with Gasteiger partial charge in [0.2, 0.25) is 11.8 Å². The van der Waals surface area contributed by atoms with Crippen LogP contribution in [0.3, 0.4) is 0 Å². The molecule has 19 heavy (non-hydrogen) atoms. The van der Waals surface area contributed by atoms with Crippen molar-refractivity contribution in [1.82, 2.24) is 5.32 Å². The fraction of sp³-hybridized carbons (Fsp3) is 0.429. The van der Waals surface area contributed by atoms with E-state index >= 15 is 0 Å². The molecule has 1 saturated heterocycles. The molecule has 0 spiro atoms. The number of nitrogens with one attached hydrogen (secondary N) is 1. The Hall–Kier alpha value is -1.91. The standard InChI is InChI=1S/C14H17FN2O2/c1-4-11-14(19)17(9(3)13(18)16-11)12-6-5-10(15)7-8(12)2/h5-7,9,11H,4H2,1-3H3,(H,16,18). The third kappa shape index (κ3) is 2.32. The lowest BCUT2D eigenvalue weighted by Gasteiger charge is -2.37. The van der Waals surface area contributed by atoms with Gasteiger partial charge in [-0.15, -0.1) is 0 Å². The molecule has 1 N–H and O–H groups in total. The highest BCUT2D eigenvalue weighted by Gasteiger charge is 2.38. The lowest BCUT2D eigenvalue weighted by molar-refractivity contribution is -0.133. The zero-order valence-corrected chi connectivity index (χ0v) is 11.2. The second-order valence-electron chi connectivity index (χ2n) is 4.78. The van der Waals surface area contributed by atoms with E-state index in [1.54, 1.807) is 19.9 Å². The molecule has 1 aromatic rings. The minimum Gasteiger partial charge on any atom is -0.343 e. The number of benzene rings is 1. The number of rotatable bonds is 2. The van der Waals surface area contributed by atoms with Crippen molar-refractivity contribution in [2.24, 2.45) is 0 Å². The largest absolute Gasteiger partial charge is 0.343 e. The summed E-state index contributed by atoms with van der Waals surface area (Å²) in [5, 5.41) is 2.69. The van der Waals surface area contributed by atoms with Crippen LogP contribution in [0.25, 0.3) is 0 Å². The topological polar surface area (TPSA) is 49.4 Å². The van der Waals surface area contributed by atoms with E-state index in [2.05, 4.69) is 5.32 Å². The summed E-state index contributed by atoms with van der Waals surface area (Å²) in [5.41, 5.74) is 1.23. The van der Waals surface area contributed by atoms with Crippen LogP contribution in [0.2, 0.25) is 0 Å². The smallest absolute Gasteiger partial charge is 0.250 e. The summed E-state index contributed by atoms with van der Waals surface area (Å²) in [6.45, 7) is 5.24. The van der Waals surface area contributed by atoms with E-state index < -0.39 is 12.1 Å². The van der Waals surface area contributed by atoms with Crippen LogP contribution in [0.5, 0.6) is 0 Å². The Bertz CT molecular complexity index is 530. The van der Waals surface area contributed by atoms with Gasteiger partial charge < -0.3 is 5.32 Å². The lowest BCUT2D eigenvalue weighted by Crippen LogP contribution is -2.62. The third-order valence-corrected chi connectivity index (χ3v) is 3.45. The Morgan fingerprint density at radius 3 is 2.63 bits per heavy atom. The number of anilines is 1. The number of hydrogen-bond acceptors (Lipinski definition) is 2. The van der Waals surface area contributed by atoms with Gasteiger partial charge in [0.1, 0.15) is 17.9 Å². The van der Waals surface area contributed by atoms with Crippen LogP contribution in [-0.4, -0.2) is 23.9 Å². The van der Waals surface area contributed by atoms with Gasteiger partial charge in [0.25, 0.3) is 0 Å². The summed E-state index contributed by atoms with van der Waals surface area (Å²) >= 11 is 0. The molecule has 1 fully saturated rings. The molecule has 1 aliphatic rings. The van der Waals surface area contributed by atoms with Crippen molar-refractivity contribution in [3.8, 4) is 0 Å². The normalized spacial score (nSPS) is 23.5. The molecule has 0 bridgehead atoms. The molecule has 1 aliphatic heterocycles. The second kappa shape index (κ2) is 4.99. The predicted molar refractivity (Wildman–Crippen MR) is 70.3 cm³/mol. The van der Waals surface area contributed by atoms with E-state index in [9.17, 15) is 14.0 Å². The summed E-state index contributed by atoms with van der Waals surface area (Å²) < 4.78 is 13.1. The van der Waals surface area contributed by atoms with Crippen LogP contribution >= 0.6 is 0 Å². The average molecular weight is 264 g/mol. The van der Waals surface area contributed by atoms with Crippen molar-refractivity contribution in [3.05, 3.63) is 29.6 Å². The predicted octanol–water partition coefficient (Wildman–Crippen LogP) is 1.76. The van der Waals surface area contributed by atoms with E-state index in [4.69, 9.17) is 0 Å². The minimum atomic E-state index is -0.584. The first-order valence-electron chi connectivity index (χ1n) is 6.35. The molecule has 2 rings (SSSR count). The summed E-state index contributed by atoms with van der Waals surface area (Å²) in [4.78, 5) is 25.7. The molecule has 2 amide bonds.